The van der Waals surface area contributed by atoms with Gasteiger partial charge in [0, 0.05) is 16.2 Å². The molecule has 2 amide bonds. The predicted molar refractivity (Wildman–Crippen MR) is 57.4 cm³/mol. The summed E-state index contributed by atoms with van der Waals surface area (Å²) in [6.07, 6.45) is 0. The molecule has 0 bridgehead atoms. The third kappa shape index (κ3) is 2.32. The largest absolute Gasteiger partial charge is 0.330 e. The van der Waals surface area contributed by atoms with Gasteiger partial charge in [0.15, 0.2) is 5.78 Å². The molecule has 2 N–H and O–H groups in total. The number of allylic oxidation sites excluding steroid dienone is 1. The van der Waals surface area contributed by atoms with Gasteiger partial charge >= 0.3 is 6.03 Å². The summed E-state index contributed by atoms with van der Waals surface area (Å²) >= 11 is 0. The first-order chi connectivity index (χ1) is 7.47. The highest BCUT2D eigenvalue weighted by Crippen LogP contribution is 2.17. The number of rotatable bonds is 3. The summed E-state index contributed by atoms with van der Waals surface area (Å²) in [6, 6.07) is -1.47. The number of nitrogens with zero attached hydrogens (tertiary/aromatic N) is 3. The smallest absolute Gasteiger partial charge is 0.319 e. The number of urea groups is 1. The molecule has 0 aromatic carbocycles. The summed E-state index contributed by atoms with van der Waals surface area (Å²) < 4.78 is 0. The number of Topliss-reactive ketones (excluding diaryl/α,β-unsaturated/α-hetero) is 1. The number of hydrogen-bond donors (Lipinski definition) is 2. The Labute approximate surface area is 92.5 Å². The highest BCUT2D eigenvalue weighted by Gasteiger charge is 2.31. The average molecular weight is 223 g/mol. The number of carbonyl (C=O) groups is 2. The van der Waals surface area contributed by atoms with E-state index in [1.54, 1.807) is 13.8 Å². The van der Waals surface area contributed by atoms with Crippen LogP contribution in [0.15, 0.2) is 16.4 Å². The molecule has 0 aliphatic carbocycles. The minimum Gasteiger partial charge on any atom is -0.330 e. The maximum absolute atomic E-state index is 11.5. The zero-order valence-electron chi connectivity index (χ0n) is 9.31. The van der Waals surface area contributed by atoms with Gasteiger partial charge in [-0.1, -0.05) is 12.0 Å². The first-order valence-electron chi connectivity index (χ1n) is 4.80. The molecule has 0 radical (unpaired) electrons. The SMILES string of the molecule is CC(=O)C1=C(C)NC(=O)NC1C(C)N=[N+]=[N-]. The molecule has 0 saturated carbocycles. The van der Waals surface area contributed by atoms with Crippen LogP contribution in [0.25, 0.3) is 10.4 Å². The summed E-state index contributed by atoms with van der Waals surface area (Å²) in [5, 5.41) is 8.58. The second kappa shape index (κ2) is 4.67. The molecule has 0 saturated heterocycles. The van der Waals surface area contributed by atoms with Crippen molar-refractivity contribution < 1.29 is 9.59 Å². The van der Waals surface area contributed by atoms with Gasteiger partial charge in [-0.25, -0.2) is 4.79 Å². The van der Waals surface area contributed by atoms with Crippen molar-refractivity contribution >= 4 is 11.8 Å². The molecular weight excluding hydrogens is 210 g/mol. The van der Waals surface area contributed by atoms with Crippen LogP contribution < -0.4 is 10.6 Å². The Hall–Kier alpha value is -2.01. The van der Waals surface area contributed by atoms with E-state index in [-0.39, 0.29) is 5.78 Å². The Morgan fingerprint density at radius 3 is 2.75 bits per heavy atom. The van der Waals surface area contributed by atoms with E-state index in [1.165, 1.54) is 6.92 Å². The Kier molecular flexibility index (Phi) is 3.52. The summed E-state index contributed by atoms with van der Waals surface area (Å²) in [5.74, 6) is -0.157. The average Bonchev–Trinajstić information content (AvgIpc) is 2.15. The van der Waals surface area contributed by atoms with Crippen molar-refractivity contribution in [3.63, 3.8) is 0 Å². The molecule has 0 aromatic rings. The quantitative estimate of drug-likeness (QED) is 0.426. The molecule has 2 unspecified atom stereocenters. The fraction of sp³-hybridized carbons (Fsp3) is 0.556. The van der Waals surface area contributed by atoms with Crippen LogP contribution in [0.3, 0.4) is 0 Å². The minimum absolute atomic E-state index is 0.157. The van der Waals surface area contributed by atoms with Crippen molar-refractivity contribution in [3.05, 3.63) is 21.7 Å². The van der Waals surface area contributed by atoms with Gasteiger partial charge in [-0.2, -0.15) is 0 Å². The van der Waals surface area contributed by atoms with Gasteiger partial charge < -0.3 is 10.6 Å². The number of amides is 2. The normalized spacial score (nSPS) is 21.7. The van der Waals surface area contributed by atoms with Crippen molar-refractivity contribution in [1.82, 2.24) is 10.6 Å². The minimum atomic E-state index is -0.567. The Morgan fingerprint density at radius 2 is 2.25 bits per heavy atom. The van der Waals surface area contributed by atoms with Gasteiger partial charge in [-0.05, 0) is 19.4 Å². The maximum Gasteiger partial charge on any atom is 0.319 e. The van der Waals surface area contributed by atoms with Gasteiger partial charge in [0.05, 0.1) is 12.1 Å². The van der Waals surface area contributed by atoms with Crippen molar-refractivity contribution in [2.75, 3.05) is 0 Å². The molecule has 1 heterocycles. The number of hydrogen-bond acceptors (Lipinski definition) is 3. The van der Waals surface area contributed by atoms with Crippen LogP contribution in [0, 0.1) is 0 Å². The Balaban J connectivity index is 3.13. The van der Waals surface area contributed by atoms with Crippen LogP contribution in [0.2, 0.25) is 0 Å². The molecule has 7 heteroatoms. The third-order valence-electron chi connectivity index (χ3n) is 2.40. The molecule has 1 aliphatic rings. The van der Waals surface area contributed by atoms with Gasteiger partial charge in [0.2, 0.25) is 0 Å². The van der Waals surface area contributed by atoms with Gasteiger partial charge in [0.25, 0.3) is 0 Å². The third-order valence-corrected chi connectivity index (χ3v) is 2.40. The Bertz CT molecular complexity index is 408. The molecule has 0 fully saturated rings. The van der Waals surface area contributed by atoms with E-state index in [1.807, 2.05) is 0 Å². The van der Waals surface area contributed by atoms with E-state index >= 15 is 0 Å². The van der Waals surface area contributed by atoms with Gasteiger partial charge in [-0.3, -0.25) is 4.79 Å². The summed E-state index contributed by atoms with van der Waals surface area (Å²) in [4.78, 5) is 25.4. The van der Waals surface area contributed by atoms with Crippen LogP contribution in [-0.2, 0) is 4.79 Å². The lowest BCUT2D eigenvalue weighted by atomic mass is 9.94. The molecule has 1 aliphatic heterocycles. The van der Waals surface area contributed by atoms with Gasteiger partial charge in [0.1, 0.15) is 0 Å². The van der Waals surface area contributed by atoms with Gasteiger partial charge in [-0.15, -0.1) is 0 Å². The van der Waals surface area contributed by atoms with Crippen molar-refractivity contribution in [2.45, 2.75) is 32.9 Å². The summed E-state index contributed by atoms with van der Waals surface area (Å²) in [7, 11) is 0. The number of azide groups is 1. The van der Waals surface area contributed by atoms with E-state index in [2.05, 4.69) is 20.7 Å². The van der Waals surface area contributed by atoms with E-state index < -0.39 is 18.1 Å². The molecule has 1 rings (SSSR count). The topological polar surface area (TPSA) is 107 Å². The lowest BCUT2D eigenvalue weighted by molar-refractivity contribution is -0.114. The predicted octanol–water partition coefficient (Wildman–Crippen LogP) is 1.23. The van der Waals surface area contributed by atoms with Crippen LogP contribution in [0.1, 0.15) is 20.8 Å². The van der Waals surface area contributed by atoms with Crippen molar-refractivity contribution in [3.8, 4) is 0 Å². The highest BCUT2D eigenvalue weighted by atomic mass is 16.2. The van der Waals surface area contributed by atoms with Crippen LogP contribution in [-0.4, -0.2) is 23.9 Å². The number of carbonyl (C=O) groups excluding carboxylic acids is 2. The van der Waals surface area contributed by atoms with E-state index in [0.29, 0.717) is 11.3 Å². The lowest BCUT2D eigenvalue weighted by Gasteiger charge is -2.29. The van der Waals surface area contributed by atoms with Crippen LogP contribution in [0.5, 0.6) is 0 Å². The maximum atomic E-state index is 11.5. The summed E-state index contributed by atoms with van der Waals surface area (Å²) in [5.41, 5.74) is 9.30. The zero-order chi connectivity index (χ0) is 12.3. The molecule has 0 spiro atoms. The monoisotopic (exact) mass is 223 g/mol. The number of ketones is 1. The fourth-order valence-electron chi connectivity index (χ4n) is 1.71. The van der Waals surface area contributed by atoms with Crippen LogP contribution in [0.4, 0.5) is 4.79 Å². The first-order valence-corrected chi connectivity index (χ1v) is 4.80. The van der Waals surface area contributed by atoms with Crippen molar-refractivity contribution in [1.29, 1.82) is 0 Å². The summed E-state index contributed by atoms with van der Waals surface area (Å²) in [6.45, 7) is 4.70. The van der Waals surface area contributed by atoms with Crippen LogP contribution >= 0.6 is 0 Å². The van der Waals surface area contributed by atoms with Crippen molar-refractivity contribution in [2.24, 2.45) is 5.11 Å². The standard InChI is InChI=1S/C9H13N5O2/c1-4-7(6(3)15)8(5(2)13-14-10)12-9(16)11-4/h5,8H,1-3H3,(H2,11,12,16). The second-order valence-electron chi connectivity index (χ2n) is 3.62. The molecule has 86 valence electrons. The molecule has 7 nitrogen and oxygen atoms in total. The molecule has 16 heavy (non-hydrogen) atoms. The molecular formula is C9H13N5O2. The second-order valence-corrected chi connectivity index (χ2v) is 3.62. The Morgan fingerprint density at radius 1 is 1.62 bits per heavy atom. The number of nitrogens with one attached hydrogen (secondary N) is 2. The fourth-order valence-corrected chi connectivity index (χ4v) is 1.71. The highest BCUT2D eigenvalue weighted by molar-refractivity contribution is 5.98. The van der Waals surface area contributed by atoms with E-state index in [0.717, 1.165) is 0 Å². The van der Waals surface area contributed by atoms with E-state index in [9.17, 15) is 9.59 Å². The molecule has 0 aromatic heterocycles. The molecule has 2 atom stereocenters. The van der Waals surface area contributed by atoms with E-state index in [4.69, 9.17) is 5.53 Å². The lowest BCUT2D eigenvalue weighted by Crippen LogP contribution is -2.53. The first kappa shape index (κ1) is 12.1. The zero-order valence-corrected chi connectivity index (χ0v) is 9.31.